The third kappa shape index (κ3) is 5.36. The van der Waals surface area contributed by atoms with Gasteiger partial charge >= 0.3 is 6.09 Å². The van der Waals surface area contributed by atoms with Crippen LogP contribution >= 0.6 is 23.4 Å². The van der Waals surface area contributed by atoms with Gasteiger partial charge in [-0.15, -0.1) is 0 Å². The molecule has 1 atom stereocenters. The average Bonchev–Trinajstić information content (AvgIpc) is 2.40. The fourth-order valence-corrected chi connectivity index (χ4v) is 3.20. The van der Waals surface area contributed by atoms with Crippen LogP contribution in [-0.4, -0.2) is 44.9 Å². The third-order valence-corrected chi connectivity index (χ3v) is 4.23. The number of aromatic nitrogens is 2. The summed E-state index contributed by atoms with van der Waals surface area (Å²) in [5, 5.41) is 1.50. The molecule has 5 nitrogen and oxygen atoms in total. The summed E-state index contributed by atoms with van der Waals surface area (Å²) >= 11 is 7.36. The molecule has 0 aromatic carbocycles. The van der Waals surface area contributed by atoms with Gasteiger partial charge in [-0.3, -0.25) is 0 Å². The van der Waals surface area contributed by atoms with Gasteiger partial charge in [-0.05, 0) is 33.6 Å². The van der Waals surface area contributed by atoms with Gasteiger partial charge in [0.25, 0.3) is 0 Å². The van der Waals surface area contributed by atoms with Crippen molar-refractivity contribution in [1.29, 1.82) is 0 Å². The number of carbonyl (C=O) groups excluding carboxylic acids is 1. The van der Waals surface area contributed by atoms with Crippen LogP contribution in [-0.2, 0) is 4.74 Å². The Balaban J connectivity index is 1.91. The molecule has 1 aromatic rings. The molecule has 1 aliphatic heterocycles. The predicted molar refractivity (Wildman–Crippen MR) is 83.7 cm³/mol. The van der Waals surface area contributed by atoms with E-state index in [4.69, 9.17) is 16.3 Å². The van der Waals surface area contributed by atoms with Crippen LogP contribution in [0, 0.1) is 0 Å². The highest BCUT2D eigenvalue weighted by molar-refractivity contribution is 7.99. The van der Waals surface area contributed by atoms with Gasteiger partial charge in [-0.2, -0.15) is 0 Å². The lowest BCUT2D eigenvalue weighted by Gasteiger charge is -2.33. The van der Waals surface area contributed by atoms with Crippen LogP contribution in [0.4, 0.5) is 4.79 Å². The maximum Gasteiger partial charge on any atom is 0.410 e. The molecule has 0 saturated carbocycles. The Morgan fingerprint density at radius 2 is 2.10 bits per heavy atom. The number of carbonyl (C=O) groups is 1. The summed E-state index contributed by atoms with van der Waals surface area (Å²) in [6.07, 6.45) is 4.93. The normalized spacial score (nSPS) is 19.4. The minimum Gasteiger partial charge on any atom is -0.444 e. The molecule has 0 N–H and O–H groups in total. The van der Waals surface area contributed by atoms with Crippen molar-refractivity contribution in [2.45, 2.75) is 49.6 Å². The lowest BCUT2D eigenvalue weighted by molar-refractivity contribution is 0.0220. The van der Waals surface area contributed by atoms with E-state index in [1.807, 2.05) is 20.8 Å². The second-order valence-electron chi connectivity index (χ2n) is 5.99. The predicted octanol–water partition coefficient (Wildman–Crippen LogP) is 3.62. The molecule has 0 radical (unpaired) electrons. The van der Waals surface area contributed by atoms with Crippen LogP contribution in [0.25, 0.3) is 0 Å². The smallest absolute Gasteiger partial charge is 0.410 e. The van der Waals surface area contributed by atoms with Crippen LogP contribution in [0.2, 0.25) is 5.02 Å². The largest absolute Gasteiger partial charge is 0.444 e. The number of hydrogen-bond donors (Lipinski definition) is 0. The van der Waals surface area contributed by atoms with Gasteiger partial charge in [0.1, 0.15) is 5.60 Å². The number of likely N-dealkylation sites (tertiary alicyclic amines) is 1. The molecule has 1 aromatic heterocycles. The molecule has 1 saturated heterocycles. The third-order valence-electron chi connectivity index (χ3n) is 2.90. The lowest BCUT2D eigenvalue weighted by atomic mass is 10.1. The maximum atomic E-state index is 12.1. The number of thioether (sulfide) groups is 1. The summed E-state index contributed by atoms with van der Waals surface area (Å²) in [6, 6.07) is 0. The summed E-state index contributed by atoms with van der Waals surface area (Å²) in [7, 11) is 0. The van der Waals surface area contributed by atoms with E-state index in [0.717, 1.165) is 19.4 Å². The van der Waals surface area contributed by atoms with Crippen molar-refractivity contribution in [2.24, 2.45) is 0 Å². The Morgan fingerprint density at radius 1 is 1.43 bits per heavy atom. The summed E-state index contributed by atoms with van der Waals surface area (Å²) in [6.45, 7) is 7.03. The molecule has 2 heterocycles. The van der Waals surface area contributed by atoms with Crippen molar-refractivity contribution in [3.8, 4) is 0 Å². The van der Waals surface area contributed by atoms with Gasteiger partial charge < -0.3 is 9.64 Å². The van der Waals surface area contributed by atoms with Crippen LogP contribution in [0.3, 0.4) is 0 Å². The molecule has 0 aliphatic carbocycles. The second kappa shape index (κ2) is 6.83. The fraction of sp³-hybridized carbons (Fsp3) is 0.643. The van der Waals surface area contributed by atoms with E-state index in [0.29, 0.717) is 16.7 Å². The first-order valence-electron chi connectivity index (χ1n) is 6.95. The summed E-state index contributed by atoms with van der Waals surface area (Å²) in [4.78, 5) is 22.2. The van der Waals surface area contributed by atoms with Gasteiger partial charge in [0.15, 0.2) is 5.16 Å². The highest BCUT2D eigenvalue weighted by atomic mass is 35.5. The van der Waals surface area contributed by atoms with E-state index in [2.05, 4.69) is 9.97 Å². The van der Waals surface area contributed by atoms with Crippen molar-refractivity contribution in [3.05, 3.63) is 17.4 Å². The standard InChI is InChI=1S/C14H20ClN3O2S/c1-14(2,3)20-13(19)18-6-4-5-11(9-18)21-12-16-7-10(15)8-17-12/h7-8,11H,4-6,9H2,1-3H3/t11-/m1/s1. The quantitative estimate of drug-likeness (QED) is 0.776. The molecular formula is C14H20ClN3O2S. The Morgan fingerprint density at radius 3 is 2.71 bits per heavy atom. The Labute approximate surface area is 134 Å². The summed E-state index contributed by atoms with van der Waals surface area (Å²) < 4.78 is 5.42. The number of amides is 1. The van der Waals surface area contributed by atoms with Crippen molar-refractivity contribution in [1.82, 2.24) is 14.9 Å². The number of nitrogens with zero attached hydrogens (tertiary/aromatic N) is 3. The number of hydrogen-bond acceptors (Lipinski definition) is 5. The Kier molecular flexibility index (Phi) is 5.32. The van der Waals surface area contributed by atoms with E-state index in [9.17, 15) is 4.79 Å². The van der Waals surface area contributed by atoms with Gasteiger partial charge in [0.2, 0.25) is 0 Å². The second-order valence-corrected chi connectivity index (χ2v) is 7.70. The zero-order valence-electron chi connectivity index (χ0n) is 12.5. The van der Waals surface area contributed by atoms with Crippen molar-refractivity contribution >= 4 is 29.5 Å². The number of piperidine rings is 1. The van der Waals surface area contributed by atoms with Crippen LogP contribution in [0.1, 0.15) is 33.6 Å². The molecule has 1 amide bonds. The van der Waals surface area contributed by atoms with E-state index < -0.39 is 5.60 Å². The minimum absolute atomic E-state index is 0.246. The van der Waals surface area contributed by atoms with Gasteiger partial charge in [-0.1, -0.05) is 23.4 Å². The molecule has 1 fully saturated rings. The Hall–Kier alpha value is -1.01. The SMILES string of the molecule is CC(C)(C)OC(=O)N1CCC[C@@H](Sc2ncc(Cl)cn2)C1. The molecule has 2 rings (SSSR count). The molecule has 0 unspecified atom stereocenters. The van der Waals surface area contributed by atoms with Gasteiger partial charge in [-0.25, -0.2) is 14.8 Å². The number of ether oxygens (including phenoxy) is 1. The molecular weight excluding hydrogens is 310 g/mol. The van der Waals surface area contributed by atoms with E-state index >= 15 is 0 Å². The first-order chi connectivity index (χ1) is 9.83. The highest BCUT2D eigenvalue weighted by Crippen LogP contribution is 2.28. The molecule has 1 aliphatic rings. The van der Waals surface area contributed by atoms with Gasteiger partial charge in [0, 0.05) is 18.3 Å². The molecule has 116 valence electrons. The maximum absolute atomic E-state index is 12.1. The van der Waals surface area contributed by atoms with Crippen molar-refractivity contribution in [3.63, 3.8) is 0 Å². The first kappa shape index (κ1) is 16.4. The Bertz CT molecular complexity index is 490. The fourth-order valence-electron chi connectivity index (χ4n) is 2.04. The van der Waals surface area contributed by atoms with Crippen LogP contribution in [0.15, 0.2) is 17.6 Å². The monoisotopic (exact) mass is 329 g/mol. The minimum atomic E-state index is -0.462. The van der Waals surface area contributed by atoms with E-state index in [-0.39, 0.29) is 11.3 Å². The first-order valence-corrected chi connectivity index (χ1v) is 8.21. The average molecular weight is 330 g/mol. The number of rotatable bonds is 2. The van der Waals surface area contributed by atoms with Crippen molar-refractivity contribution < 1.29 is 9.53 Å². The van der Waals surface area contributed by atoms with E-state index in [1.54, 1.807) is 29.1 Å². The molecule has 0 spiro atoms. The molecule has 0 bridgehead atoms. The topological polar surface area (TPSA) is 55.3 Å². The molecule has 21 heavy (non-hydrogen) atoms. The zero-order chi connectivity index (χ0) is 15.5. The molecule has 7 heteroatoms. The van der Waals surface area contributed by atoms with Crippen LogP contribution < -0.4 is 0 Å². The van der Waals surface area contributed by atoms with Crippen LogP contribution in [0.5, 0.6) is 0 Å². The lowest BCUT2D eigenvalue weighted by Crippen LogP contribution is -2.43. The number of halogens is 1. The van der Waals surface area contributed by atoms with Crippen molar-refractivity contribution in [2.75, 3.05) is 13.1 Å². The highest BCUT2D eigenvalue weighted by Gasteiger charge is 2.28. The zero-order valence-corrected chi connectivity index (χ0v) is 14.1. The van der Waals surface area contributed by atoms with Gasteiger partial charge in [0.05, 0.1) is 17.4 Å². The van der Waals surface area contributed by atoms with E-state index in [1.165, 1.54) is 0 Å². The summed E-state index contributed by atoms with van der Waals surface area (Å²) in [5.74, 6) is 0. The summed E-state index contributed by atoms with van der Waals surface area (Å²) in [5.41, 5.74) is -0.462.